The van der Waals surface area contributed by atoms with Crippen molar-refractivity contribution in [3.8, 4) is 0 Å². The highest BCUT2D eigenvalue weighted by Crippen LogP contribution is 2.23. The Morgan fingerprint density at radius 2 is 1.36 bits per heavy atom. The Hall–Kier alpha value is -1.00. The molecule has 0 aromatic carbocycles. The van der Waals surface area contributed by atoms with Gasteiger partial charge in [0.15, 0.2) is 0 Å². The molecule has 14 heavy (non-hydrogen) atoms. The third-order valence-electron chi connectivity index (χ3n) is 0.789. The smallest absolute Gasteiger partial charge is 0.263 e. The number of hydrogen-bond donors (Lipinski definition) is 1. The molecule has 0 bridgehead atoms. The van der Waals surface area contributed by atoms with Gasteiger partial charge < -0.3 is 0 Å². The van der Waals surface area contributed by atoms with Gasteiger partial charge in [-0.2, -0.15) is 34.8 Å². The number of amides is 1. The highest BCUT2D eigenvalue weighted by molar-refractivity contribution is 7.90. The molecule has 0 heterocycles. The van der Waals surface area contributed by atoms with E-state index in [9.17, 15) is 39.6 Å². The number of rotatable bonds is 1. The highest BCUT2D eigenvalue weighted by atomic mass is 32.2. The lowest BCUT2D eigenvalue weighted by atomic mass is 10.6. The van der Waals surface area contributed by atoms with Crippen molar-refractivity contribution in [1.29, 1.82) is 0 Å². The molecule has 0 aromatic rings. The molecule has 0 radical (unpaired) electrons. The zero-order valence-corrected chi connectivity index (χ0v) is 6.72. The fourth-order valence-electron chi connectivity index (χ4n) is 0.238. The number of hydrogen-bond acceptors (Lipinski definition) is 3. The van der Waals surface area contributed by atoms with Crippen molar-refractivity contribution >= 4 is 15.9 Å². The van der Waals surface area contributed by atoms with Crippen molar-refractivity contribution in [2.45, 2.75) is 11.7 Å². The Bertz CT molecular complexity index is 325. The number of carbonyl (C=O) groups is 1. The predicted octanol–water partition coefficient (Wildman–Crippen LogP) is 0.515. The molecule has 0 atom stereocenters. The largest absolute Gasteiger partial charge is 0.516 e. The Morgan fingerprint density at radius 3 is 1.57 bits per heavy atom. The minimum Gasteiger partial charge on any atom is -0.263 e. The van der Waals surface area contributed by atoms with Gasteiger partial charge >= 0.3 is 27.6 Å². The van der Waals surface area contributed by atoms with Gasteiger partial charge in [-0.05, 0) is 0 Å². The van der Waals surface area contributed by atoms with Gasteiger partial charge in [0.2, 0.25) is 0 Å². The molecular weight excluding hydrogens is 244 g/mol. The topological polar surface area (TPSA) is 63.2 Å². The summed E-state index contributed by atoms with van der Waals surface area (Å²) in [5, 5.41) is 0. The summed E-state index contributed by atoms with van der Waals surface area (Å²) in [6.07, 6.45) is -5.70. The van der Waals surface area contributed by atoms with Crippen LogP contribution < -0.4 is 4.72 Å². The summed E-state index contributed by atoms with van der Waals surface area (Å²) in [6.45, 7) is 0. The van der Waals surface area contributed by atoms with Gasteiger partial charge in [-0.15, -0.1) is 0 Å². The van der Waals surface area contributed by atoms with Crippen LogP contribution in [0.25, 0.3) is 0 Å². The second-order valence-corrected chi connectivity index (χ2v) is 3.55. The predicted molar refractivity (Wildman–Crippen MR) is 29.2 cm³/mol. The minimum atomic E-state index is -6.30. The van der Waals surface area contributed by atoms with Crippen LogP contribution in [0, 0.1) is 0 Å². The third-order valence-corrected chi connectivity index (χ3v) is 1.85. The molecule has 0 rings (SSSR count). The van der Waals surface area contributed by atoms with Crippen LogP contribution >= 0.6 is 0 Å². The molecule has 1 amide bonds. The average Bonchev–Trinajstić information content (AvgIpc) is 1.80. The van der Waals surface area contributed by atoms with Crippen LogP contribution in [0.5, 0.6) is 0 Å². The van der Waals surface area contributed by atoms with E-state index in [1.807, 2.05) is 0 Å². The van der Waals surface area contributed by atoms with Gasteiger partial charge in [0.1, 0.15) is 0 Å². The van der Waals surface area contributed by atoms with Crippen LogP contribution in [0.3, 0.4) is 0 Å². The Balaban J connectivity index is 4.82. The van der Waals surface area contributed by atoms with Crippen molar-refractivity contribution in [2.24, 2.45) is 0 Å². The molecule has 0 spiro atoms. The van der Waals surface area contributed by atoms with E-state index in [2.05, 4.69) is 0 Å². The van der Waals surface area contributed by atoms with Crippen LogP contribution in [0.4, 0.5) is 26.3 Å². The number of sulfonamides is 1. The molecule has 0 fully saturated rings. The van der Waals surface area contributed by atoms with E-state index in [0.717, 1.165) is 0 Å². The average molecular weight is 245 g/mol. The van der Waals surface area contributed by atoms with Crippen LogP contribution in [-0.4, -0.2) is 26.0 Å². The SMILES string of the molecule is O=C(NS(=O)(=O)C(F)(F)F)C(F)(F)F. The summed E-state index contributed by atoms with van der Waals surface area (Å²) >= 11 is 0. The maximum Gasteiger partial charge on any atom is 0.516 e. The Morgan fingerprint density at radius 1 is 1.00 bits per heavy atom. The summed E-state index contributed by atoms with van der Waals surface area (Å²) in [7, 11) is -6.30. The molecule has 0 aromatic heterocycles. The first-order valence-corrected chi connectivity index (χ1v) is 4.06. The maximum absolute atomic E-state index is 11.4. The Labute approximate surface area is 72.9 Å². The van der Waals surface area contributed by atoms with Crippen molar-refractivity contribution in [3.63, 3.8) is 0 Å². The molecule has 84 valence electrons. The van der Waals surface area contributed by atoms with Gasteiger partial charge in [0.05, 0.1) is 0 Å². The molecule has 0 aliphatic carbocycles. The van der Waals surface area contributed by atoms with Gasteiger partial charge in [0.25, 0.3) is 0 Å². The lowest BCUT2D eigenvalue weighted by molar-refractivity contribution is -0.171. The van der Waals surface area contributed by atoms with E-state index in [1.54, 1.807) is 0 Å². The zero-order valence-electron chi connectivity index (χ0n) is 5.90. The van der Waals surface area contributed by atoms with Crippen LogP contribution in [0.15, 0.2) is 0 Å². The Kier molecular flexibility index (Phi) is 3.06. The zero-order chi connectivity index (χ0) is 11.8. The summed E-state index contributed by atoms with van der Waals surface area (Å²) in [4.78, 5) is 9.81. The standard InChI is InChI=1S/C3HF6NO3S/c4-2(5,6)1(11)10-14(12,13)3(7,8)9/h(H,10,11). The fraction of sp³-hybridized carbons (Fsp3) is 0.667. The van der Waals surface area contributed by atoms with Crippen LogP contribution in [-0.2, 0) is 14.8 Å². The van der Waals surface area contributed by atoms with E-state index in [1.165, 1.54) is 0 Å². The normalized spacial score (nSPS) is 13.9. The minimum absolute atomic E-state index is 0.181. The van der Waals surface area contributed by atoms with Crippen molar-refractivity contribution in [1.82, 2.24) is 4.72 Å². The van der Waals surface area contributed by atoms with Crippen molar-refractivity contribution < 1.29 is 39.6 Å². The van der Waals surface area contributed by atoms with E-state index in [4.69, 9.17) is 0 Å². The molecule has 0 aliphatic heterocycles. The summed E-state index contributed by atoms with van der Waals surface area (Å²) in [6, 6.07) is 0. The quantitative estimate of drug-likeness (QED) is 0.685. The van der Waals surface area contributed by atoms with Crippen molar-refractivity contribution in [3.05, 3.63) is 0 Å². The van der Waals surface area contributed by atoms with Gasteiger partial charge in [-0.25, -0.2) is 4.72 Å². The van der Waals surface area contributed by atoms with E-state index < -0.39 is 27.6 Å². The molecule has 0 unspecified atom stereocenters. The second kappa shape index (κ2) is 3.29. The first-order chi connectivity index (χ1) is 5.88. The maximum atomic E-state index is 11.4. The van der Waals surface area contributed by atoms with Gasteiger partial charge in [-0.3, -0.25) is 4.79 Å². The molecule has 11 heteroatoms. The number of alkyl halides is 6. The van der Waals surface area contributed by atoms with E-state index in [-0.39, 0.29) is 4.72 Å². The second-order valence-electron chi connectivity index (χ2n) is 1.88. The number of halogens is 6. The van der Waals surface area contributed by atoms with Crippen LogP contribution in [0.1, 0.15) is 0 Å². The molecular formula is C3HF6NO3S. The number of carbonyl (C=O) groups excluding carboxylic acids is 1. The lowest BCUT2D eigenvalue weighted by Crippen LogP contribution is -2.46. The molecule has 1 N–H and O–H groups in total. The summed E-state index contributed by atoms with van der Waals surface area (Å²) < 4.78 is 87.9. The highest BCUT2D eigenvalue weighted by Gasteiger charge is 2.51. The summed E-state index contributed by atoms with van der Waals surface area (Å²) in [5.41, 5.74) is -5.96. The lowest BCUT2D eigenvalue weighted by Gasteiger charge is -2.10. The number of nitrogens with one attached hydrogen (secondary N) is 1. The van der Waals surface area contributed by atoms with Crippen LogP contribution in [0.2, 0.25) is 0 Å². The third kappa shape index (κ3) is 3.05. The summed E-state index contributed by atoms with van der Waals surface area (Å²) in [5.74, 6) is -3.20. The first-order valence-electron chi connectivity index (χ1n) is 2.58. The molecule has 0 saturated carbocycles. The first kappa shape index (κ1) is 13.0. The van der Waals surface area contributed by atoms with Gasteiger partial charge in [0, 0.05) is 0 Å². The fourth-order valence-corrected chi connectivity index (χ4v) is 0.713. The monoisotopic (exact) mass is 245 g/mol. The molecule has 0 aliphatic rings. The van der Waals surface area contributed by atoms with E-state index >= 15 is 0 Å². The van der Waals surface area contributed by atoms with E-state index in [0.29, 0.717) is 0 Å². The van der Waals surface area contributed by atoms with Crippen molar-refractivity contribution in [2.75, 3.05) is 0 Å². The molecule has 4 nitrogen and oxygen atoms in total. The van der Waals surface area contributed by atoms with Gasteiger partial charge in [-0.1, -0.05) is 0 Å². The molecule has 0 saturated heterocycles.